The number of aromatic nitrogens is 2. The normalized spacial score (nSPS) is 10.4. The van der Waals surface area contributed by atoms with Crippen LogP contribution in [0.2, 0.25) is 10.0 Å². The Kier molecular flexibility index (Phi) is 4.52. The number of hydrogen-bond acceptors (Lipinski definition) is 2. The average Bonchev–Trinajstić information content (AvgIpc) is 2.79. The first-order valence-electron chi connectivity index (χ1n) is 5.90. The molecule has 0 radical (unpaired) electrons. The smallest absolute Gasteiger partial charge is 0.321 e. The number of anilines is 1. The number of carbonyl (C=O) groups excluding carboxylic acids is 1. The molecule has 20 heavy (non-hydrogen) atoms. The average molecular weight is 313 g/mol. The molecule has 1 aromatic carbocycles. The van der Waals surface area contributed by atoms with E-state index in [-0.39, 0.29) is 6.03 Å². The summed E-state index contributed by atoms with van der Waals surface area (Å²) in [6.07, 6.45) is 3.59. The minimum absolute atomic E-state index is 0.229. The number of benzene rings is 1. The molecule has 0 atom stereocenters. The first-order valence-corrected chi connectivity index (χ1v) is 6.66. The molecule has 0 unspecified atom stereocenters. The van der Waals surface area contributed by atoms with Gasteiger partial charge < -0.3 is 10.2 Å². The lowest BCUT2D eigenvalue weighted by Gasteiger charge is -2.17. The molecule has 2 rings (SSSR count). The van der Waals surface area contributed by atoms with Crippen molar-refractivity contribution in [1.82, 2.24) is 14.7 Å². The number of carbonyl (C=O) groups is 1. The van der Waals surface area contributed by atoms with Gasteiger partial charge in [0.2, 0.25) is 0 Å². The molecule has 1 heterocycles. The van der Waals surface area contributed by atoms with Crippen molar-refractivity contribution in [3.8, 4) is 0 Å². The van der Waals surface area contributed by atoms with E-state index in [2.05, 4.69) is 10.4 Å². The summed E-state index contributed by atoms with van der Waals surface area (Å²) in [5, 5.41) is 7.67. The second kappa shape index (κ2) is 6.15. The van der Waals surface area contributed by atoms with Crippen LogP contribution >= 0.6 is 23.2 Å². The molecule has 2 aromatic rings. The molecule has 106 valence electrons. The Morgan fingerprint density at radius 1 is 1.40 bits per heavy atom. The summed E-state index contributed by atoms with van der Waals surface area (Å²) in [5.74, 6) is 0. The number of nitrogens with one attached hydrogen (secondary N) is 1. The maximum Gasteiger partial charge on any atom is 0.321 e. The highest BCUT2D eigenvalue weighted by Crippen LogP contribution is 2.25. The topological polar surface area (TPSA) is 50.2 Å². The summed E-state index contributed by atoms with van der Waals surface area (Å²) in [6.45, 7) is 0.473. The zero-order chi connectivity index (χ0) is 14.7. The molecule has 2 amide bonds. The quantitative estimate of drug-likeness (QED) is 0.944. The molecule has 0 bridgehead atoms. The van der Waals surface area contributed by atoms with Crippen LogP contribution in [-0.4, -0.2) is 27.8 Å². The first kappa shape index (κ1) is 14.7. The second-order valence-corrected chi connectivity index (χ2v) is 5.25. The van der Waals surface area contributed by atoms with Crippen LogP contribution in [0.5, 0.6) is 0 Å². The fourth-order valence-electron chi connectivity index (χ4n) is 1.69. The van der Waals surface area contributed by atoms with E-state index in [0.29, 0.717) is 22.3 Å². The van der Waals surface area contributed by atoms with Gasteiger partial charge in [-0.15, -0.1) is 0 Å². The summed E-state index contributed by atoms with van der Waals surface area (Å²) in [6, 6.07) is 4.72. The predicted octanol–water partition coefficient (Wildman–Crippen LogP) is 3.39. The van der Waals surface area contributed by atoms with Crippen molar-refractivity contribution in [2.24, 2.45) is 7.05 Å². The lowest BCUT2D eigenvalue weighted by atomic mass is 10.3. The summed E-state index contributed by atoms with van der Waals surface area (Å²) >= 11 is 11.7. The third-order valence-electron chi connectivity index (χ3n) is 2.70. The summed E-state index contributed by atoms with van der Waals surface area (Å²) < 4.78 is 1.69. The van der Waals surface area contributed by atoms with Crippen LogP contribution in [0.25, 0.3) is 0 Å². The molecule has 0 aliphatic rings. The molecule has 5 nitrogen and oxygen atoms in total. The van der Waals surface area contributed by atoms with E-state index in [1.165, 1.54) is 0 Å². The lowest BCUT2D eigenvalue weighted by Crippen LogP contribution is -2.30. The number of amides is 2. The van der Waals surface area contributed by atoms with Gasteiger partial charge in [0.15, 0.2) is 0 Å². The number of halogens is 2. The largest absolute Gasteiger partial charge is 0.323 e. The second-order valence-electron chi connectivity index (χ2n) is 4.44. The highest BCUT2D eigenvalue weighted by molar-refractivity contribution is 6.42. The van der Waals surface area contributed by atoms with Gasteiger partial charge >= 0.3 is 6.03 Å². The van der Waals surface area contributed by atoms with Crippen LogP contribution in [-0.2, 0) is 13.6 Å². The molecular formula is C13H14Cl2N4O. The first-order chi connectivity index (χ1) is 9.45. The summed E-state index contributed by atoms with van der Waals surface area (Å²) in [5.41, 5.74) is 1.56. The van der Waals surface area contributed by atoms with E-state index >= 15 is 0 Å². The van der Waals surface area contributed by atoms with Crippen molar-refractivity contribution in [2.45, 2.75) is 6.54 Å². The van der Waals surface area contributed by atoms with Gasteiger partial charge in [0, 0.05) is 31.5 Å². The van der Waals surface area contributed by atoms with Gasteiger partial charge in [0.1, 0.15) is 0 Å². The van der Waals surface area contributed by atoms with Gasteiger partial charge in [0.25, 0.3) is 0 Å². The monoisotopic (exact) mass is 312 g/mol. The molecule has 7 heteroatoms. The van der Waals surface area contributed by atoms with E-state index in [0.717, 1.165) is 5.56 Å². The van der Waals surface area contributed by atoms with Crippen LogP contribution in [0, 0.1) is 0 Å². The molecule has 0 fully saturated rings. The maximum absolute atomic E-state index is 12.0. The predicted molar refractivity (Wildman–Crippen MR) is 80.2 cm³/mol. The van der Waals surface area contributed by atoms with Gasteiger partial charge in [-0.2, -0.15) is 5.10 Å². The molecular weight excluding hydrogens is 299 g/mol. The third kappa shape index (κ3) is 3.65. The molecule has 0 saturated carbocycles. The zero-order valence-corrected chi connectivity index (χ0v) is 12.6. The van der Waals surface area contributed by atoms with E-state index in [1.54, 1.807) is 41.0 Å². The van der Waals surface area contributed by atoms with Gasteiger partial charge in [-0.1, -0.05) is 23.2 Å². The van der Waals surface area contributed by atoms with Crippen LogP contribution < -0.4 is 5.32 Å². The Labute approximate surface area is 127 Å². The number of rotatable bonds is 3. The number of nitrogens with zero attached hydrogens (tertiary/aromatic N) is 3. The van der Waals surface area contributed by atoms with Crippen molar-refractivity contribution < 1.29 is 4.79 Å². The van der Waals surface area contributed by atoms with E-state index in [1.807, 2.05) is 13.2 Å². The number of hydrogen-bond donors (Lipinski definition) is 1. The minimum Gasteiger partial charge on any atom is -0.323 e. The molecule has 1 N–H and O–H groups in total. The Hall–Kier alpha value is -1.72. The van der Waals surface area contributed by atoms with Gasteiger partial charge in [0.05, 0.1) is 22.8 Å². The Morgan fingerprint density at radius 3 is 2.75 bits per heavy atom. The van der Waals surface area contributed by atoms with Crippen molar-refractivity contribution in [1.29, 1.82) is 0 Å². The van der Waals surface area contributed by atoms with Gasteiger partial charge in [-0.3, -0.25) is 4.68 Å². The van der Waals surface area contributed by atoms with Crippen molar-refractivity contribution >= 4 is 34.9 Å². The molecule has 0 spiro atoms. The highest BCUT2D eigenvalue weighted by atomic mass is 35.5. The Balaban J connectivity index is 1.98. The fourth-order valence-corrected chi connectivity index (χ4v) is 1.99. The van der Waals surface area contributed by atoms with Gasteiger partial charge in [-0.25, -0.2) is 4.79 Å². The SMILES string of the molecule is CN(Cc1cnn(C)c1)C(=O)Nc1ccc(Cl)c(Cl)c1. The zero-order valence-electron chi connectivity index (χ0n) is 11.1. The van der Waals surface area contributed by atoms with Crippen LogP contribution in [0.15, 0.2) is 30.6 Å². The Bertz CT molecular complexity index is 627. The molecule has 1 aromatic heterocycles. The summed E-state index contributed by atoms with van der Waals surface area (Å²) in [4.78, 5) is 13.6. The van der Waals surface area contributed by atoms with Crippen LogP contribution in [0.4, 0.5) is 10.5 Å². The molecule has 0 aliphatic heterocycles. The van der Waals surface area contributed by atoms with E-state index < -0.39 is 0 Å². The van der Waals surface area contributed by atoms with Gasteiger partial charge in [-0.05, 0) is 18.2 Å². The summed E-state index contributed by atoms with van der Waals surface area (Å²) in [7, 11) is 3.54. The molecule has 0 saturated heterocycles. The van der Waals surface area contributed by atoms with Crippen molar-refractivity contribution in [3.05, 3.63) is 46.2 Å². The Morgan fingerprint density at radius 2 is 2.15 bits per heavy atom. The van der Waals surface area contributed by atoms with Crippen molar-refractivity contribution in [2.75, 3.05) is 12.4 Å². The third-order valence-corrected chi connectivity index (χ3v) is 3.43. The minimum atomic E-state index is -0.229. The number of aryl methyl sites for hydroxylation is 1. The van der Waals surface area contributed by atoms with E-state index in [4.69, 9.17) is 23.2 Å². The maximum atomic E-state index is 12.0. The van der Waals surface area contributed by atoms with Crippen LogP contribution in [0.1, 0.15) is 5.56 Å². The highest BCUT2D eigenvalue weighted by Gasteiger charge is 2.11. The fraction of sp³-hybridized carbons (Fsp3) is 0.231. The molecule has 0 aliphatic carbocycles. The number of urea groups is 1. The van der Waals surface area contributed by atoms with Crippen molar-refractivity contribution in [3.63, 3.8) is 0 Å². The van der Waals surface area contributed by atoms with Crippen LogP contribution in [0.3, 0.4) is 0 Å². The van der Waals surface area contributed by atoms with E-state index in [9.17, 15) is 4.79 Å². The standard InChI is InChI=1S/C13H14Cl2N4O/c1-18(7-9-6-16-19(2)8-9)13(20)17-10-3-4-11(14)12(15)5-10/h3-6,8H,7H2,1-2H3,(H,17,20). The lowest BCUT2D eigenvalue weighted by molar-refractivity contribution is 0.220.